The van der Waals surface area contributed by atoms with Crippen LogP contribution in [0, 0.1) is 13.8 Å². The Morgan fingerprint density at radius 1 is 0.900 bits per heavy atom. The highest BCUT2D eigenvalue weighted by atomic mass is 16.5. The summed E-state index contributed by atoms with van der Waals surface area (Å²) in [4.78, 5) is 24.7. The first-order valence-corrected chi connectivity index (χ1v) is 9.77. The van der Waals surface area contributed by atoms with Crippen molar-refractivity contribution in [1.29, 1.82) is 0 Å². The molecule has 0 aliphatic heterocycles. The van der Waals surface area contributed by atoms with Crippen molar-refractivity contribution in [3.05, 3.63) is 95.1 Å². The van der Waals surface area contributed by atoms with Gasteiger partial charge in [-0.25, -0.2) is 4.79 Å². The van der Waals surface area contributed by atoms with E-state index in [0.717, 1.165) is 16.7 Å². The lowest BCUT2D eigenvalue weighted by Crippen LogP contribution is -2.30. The lowest BCUT2D eigenvalue weighted by Gasteiger charge is -2.14. The second-order valence-electron chi connectivity index (χ2n) is 7.21. The fourth-order valence-electron chi connectivity index (χ4n) is 2.99. The van der Waals surface area contributed by atoms with Crippen LogP contribution >= 0.6 is 0 Å². The van der Waals surface area contributed by atoms with Gasteiger partial charge in [0.25, 0.3) is 5.91 Å². The molecule has 154 valence electrons. The molecule has 0 heterocycles. The second kappa shape index (κ2) is 9.74. The third-order valence-corrected chi connectivity index (χ3v) is 4.48. The molecule has 3 aromatic carbocycles. The van der Waals surface area contributed by atoms with Crippen molar-refractivity contribution in [1.82, 2.24) is 0 Å². The number of hydrogen-bond donors (Lipinski definition) is 1. The lowest BCUT2D eigenvalue weighted by atomic mass is 10.1. The first kappa shape index (κ1) is 21.1. The molecule has 1 atom stereocenters. The van der Waals surface area contributed by atoms with Gasteiger partial charge < -0.3 is 14.8 Å². The van der Waals surface area contributed by atoms with Crippen molar-refractivity contribution in [3.8, 4) is 5.75 Å². The van der Waals surface area contributed by atoms with Crippen molar-refractivity contribution in [2.24, 2.45) is 0 Å². The van der Waals surface area contributed by atoms with Crippen LogP contribution in [0.5, 0.6) is 5.75 Å². The molecule has 0 saturated heterocycles. The van der Waals surface area contributed by atoms with E-state index in [4.69, 9.17) is 9.47 Å². The summed E-state index contributed by atoms with van der Waals surface area (Å²) in [5, 5.41) is 2.75. The topological polar surface area (TPSA) is 64.6 Å². The van der Waals surface area contributed by atoms with Gasteiger partial charge in [0.05, 0.1) is 5.56 Å². The quantitative estimate of drug-likeness (QED) is 0.560. The van der Waals surface area contributed by atoms with Crippen molar-refractivity contribution < 1.29 is 19.1 Å². The molecule has 3 rings (SSSR count). The molecule has 5 nitrogen and oxygen atoms in total. The molecule has 5 heteroatoms. The van der Waals surface area contributed by atoms with E-state index in [9.17, 15) is 9.59 Å². The molecule has 0 aliphatic rings. The van der Waals surface area contributed by atoms with Crippen LogP contribution in [0.15, 0.2) is 72.8 Å². The zero-order valence-electron chi connectivity index (χ0n) is 17.3. The molecular weight excluding hydrogens is 378 g/mol. The Kier molecular flexibility index (Phi) is 6.86. The molecule has 30 heavy (non-hydrogen) atoms. The minimum Gasteiger partial charge on any atom is -0.489 e. The van der Waals surface area contributed by atoms with Crippen molar-refractivity contribution in [3.63, 3.8) is 0 Å². The van der Waals surface area contributed by atoms with E-state index >= 15 is 0 Å². The minimum atomic E-state index is -0.924. The van der Waals surface area contributed by atoms with Gasteiger partial charge >= 0.3 is 5.97 Å². The molecule has 0 radical (unpaired) electrons. The van der Waals surface area contributed by atoms with E-state index < -0.39 is 18.0 Å². The van der Waals surface area contributed by atoms with Gasteiger partial charge in [0, 0.05) is 5.69 Å². The maximum absolute atomic E-state index is 12.4. The Morgan fingerprint density at radius 3 is 2.17 bits per heavy atom. The zero-order chi connectivity index (χ0) is 21.5. The second-order valence-corrected chi connectivity index (χ2v) is 7.21. The summed E-state index contributed by atoms with van der Waals surface area (Å²) in [5.74, 6) is -0.217. The Hall–Kier alpha value is -3.60. The van der Waals surface area contributed by atoms with Crippen LogP contribution in [0.1, 0.15) is 34.0 Å². The molecular formula is C25H25NO4. The predicted molar refractivity (Wildman–Crippen MR) is 117 cm³/mol. The molecule has 0 aromatic heterocycles. The zero-order valence-corrected chi connectivity index (χ0v) is 17.3. The minimum absolute atomic E-state index is 0.398. The van der Waals surface area contributed by atoms with Gasteiger partial charge in [-0.3, -0.25) is 4.79 Å². The smallest absolute Gasteiger partial charge is 0.338 e. The first-order valence-electron chi connectivity index (χ1n) is 9.77. The number of benzene rings is 3. The maximum atomic E-state index is 12.4. The van der Waals surface area contributed by atoms with Gasteiger partial charge in [-0.05, 0) is 62.7 Å². The number of ether oxygens (including phenoxy) is 2. The summed E-state index contributed by atoms with van der Waals surface area (Å²) in [5.41, 5.74) is 4.05. The van der Waals surface area contributed by atoms with Gasteiger partial charge in [0.2, 0.25) is 0 Å². The Balaban J connectivity index is 1.52. The van der Waals surface area contributed by atoms with E-state index in [1.165, 1.54) is 0 Å². The lowest BCUT2D eigenvalue weighted by molar-refractivity contribution is -0.123. The van der Waals surface area contributed by atoms with E-state index in [1.807, 2.05) is 50.2 Å². The number of carbonyl (C=O) groups is 2. The molecule has 0 spiro atoms. The van der Waals surface area contributed by atoms with Crippen LogP contribution in [0.2, 0.25) is 0 Å². The molecule has 3 aromatic rings. The summed E-state index contributed by atoms with van der Waals surface area (Å²) in [6.45, 7) is 5.84. The molecule has 1 amide bonds. The van der Waals surface area contributed by atoms with Crippen molar-refractivity contribution in [2.75, 3.05) is 5.32 Å². The van der Waals surface area contributed by atoms with Crippen LogP contribution < -0.4 is 10.1 Å². The monoisotopic (exact) mass is 403 g/mol. The fraction of sp³-hybridized carbons (Fsp3) is 0.200. The van der Waals surface area contributed by atoms with Crippen molar-refractivity contribution in [2.45, 2.75) is 33.5 Å². The van der Waals surface area contributed by atoms with Crippen LogP contribution in [-0.4, -0.2) is 18.0 Å². The highest BCUT2D eigenvalue weighted by Gasteiger charge is 2.19. The number of rotatable bonds is 7. The van der Waals surface area contributed by atoms with Crippen LogP contribution in [0.25, 0.3) is 0 Å². The standard InChI is InChI=1S/C25H25NO4/c1-17-13-18(2)15-21(14-17)25(28)30-19(3)24(27)26-22-9-11-23(12-10-22)29-16-20-7-5-4-6-8-20/h4-15,19H,16H2,1-3H3,(H,26,27)/t19-/m0/s1. The van der Waals surface area contributed by atoms with Gasteiger partial charge in [-0.2, -0.15) is 0 Å². The maximum Gasteiger partial charge on any atom is 0.338 e. The molecule has 0 saturated carbocycles. The van der Waals surface area contributed by atoms with Crippen LogP contribution in [0.4, 0.5) is 5.69 Å². The third-order valence-electron chi connectivity index (χ3n) is 4.48. The largest absolute Gasteiger partial charge is 0.489 e. The van der Waals surface area contributed by atoms with Crippen molar-refractivity contribution >= 4 is 17.6 Å². The van der Waals surface area contributed by atoms with Gasteiger partial charge in [-0.15, -0.1) is 0 Å². The SMILES string of the molecule is Cc1cc(C)cc(C(=O)O[C@@H](C)C(=O)Nc2ccc(OCc3ccccc3)cc2)c1. The average molecular weight is 403 g/mol. The number of aryl methyl sites for hydroxylation is 2. The number of hydrogen-bond acceptors (Lipinski definition) is 4. The number of amides is 1. The first-order chi connectivity index (χ1) is 14.4. The number of carbonyl (C=O) groups excluding carboxylic acids is 2. The summed E-state index contributed by atoms with van der Waals surface area (Å²) in [6.07, 6.45) is -0.924. The summed E-state index contributed by atoms with van der Waals surface area (Å²) in [6, 6.07) is 22.4. The van der Waals surface area contributed by atoms with Gasteiger partial charge in [-0.1, -0.05) is 47.5 Å². The van der Waals surface area contributed by atoms with E-state index in [-0.39, 0.29) is 0 Å². The Labute approximate surface area is 176 Å². The van der Waals surface area contributed by atoms with Gasteiger partial charge in [0.1, 0.15) is 12.4 Å². The normalized spacial score (nSPS) is 11.4. The summed E-state index contributed by atoms with van der Waals surface area (Å²) < 4.78 is 11.1. The molecule has 0 aliphatic carbocycles. The predicted octanol–water partition coefficient (Wildman–Crippen LogP) is 5.07. The third kappa shape index (κ3) is 5.95. The Morgan fingerprint density at radius 2 is 1.53 bits per heavy atom. The van der Waals surface area contributed by atoms with E-state index in [2.05, 4.69) is 5.32 Å². The number of anilines is 1. The van der Waals surface area contributed by atoms with Crippen LogP contribution in [-0.2, 0) is 16.1 Å². The summed E-state index contributed by atoms with van der Waals surface area (Å²) >= 11 is 0. The molecule has 1 N–H and O–H groups in total. The Bertz CT molecular complexity index is 993. The average Bonchev–Trinajstić information content (AvgIpc) is 2.73. The number of esters is 1. The number of nitrogens with one attached hydrogen (secondary N) is 1. The highest BCUT2D eigenvalue weighted by molar-refractivity contribution is 5.97. The molecule has 0 bridgehead atoms. The molecule has 0 unspecified atom stereocenters. The van der Waals surface area contributed by atoms with Crippen LogP contribution in [0.3, 0.4) is 0 Å². The van der Waals surface area contributed by atoms with E-state index in [1.54, 1.807) is 43.3 Å². The fourth-order valence-corrected chi connectivity index (χ4v) is 2.99. The highest BCUT2D eigenvalue weighted by Crippen LogP contribution is 2.18. The summed E-state index contributed by atoms with van der Waals surface area (Å²) in [7, 11) is 0. The molecule has 0 fully saturated rings. The van der Waals surface area contributed by atoms with Gasteiger partial charge in [0.15, 0.2) is 6.10 Å². The van der Waals surface area contributed by atoms with E-state index in [0.29, 0.717) is 23.6 Å².